The first-order valence-corrected chi connectivity index (χ1v) is 31.7. The molecule has 0 radical (unpaired) electrons. The van der Waals surface area contributed by atoms with Crippen LogP contribution in [0.3, 0.4) is 0 Å². The number of primary amides is 3. The van der Waals surface area contributed by atoms with E-state index in [4.69, 9.17) is 39.5 Å². The van der Waals surface area contributed by atoms with Crippen LogP contribution in [-0.2, 0) is 83.1 Å². The Labute approximate surface area is 574 Å². The minimum Gasteiger partial charge on any atom is -0.508 e. The van der Waals surface area contributed by atoms with Crippen LogP contribution in [-0.4, -0.2) is 243 Å². The van der Waals surface area contributed by atoms with Crippen molar-refractivity contribution in [3.63, 3.8) is 0 Å². The second-order valence-electron chi connectivity index (χ2n) is 23.2. The Hall–Kier alpha value is -10.4. The number of nitrogens with one attached hydrogen (secondary N) is 12. The molecule has 0 heterocycles. The molecule has 0 spiro atoms. The number of rotatable bonds is 48. The summed E-state index contributed by atoms with van der Waals surface area (Å²) in [5, 5.41) is 88.2. The first kappa shape index (κ1) is 87.6. The Morgan fingerprint density at radius 1 is 0.460 bits per heavy atom. The van der Waals surface area contributed by atoms with Crippen LogP contribution in [0.2, 0.25) is 0 Å². The maximum absolute atomic E-state index is 14.4. The second kappa shape index (κ2) is 45.2. The van der Waals surface area contributed by atoms with Crippen LogP contribution < -0.4 is 98.2 Å². The van der Waals surface area contributed by atoms with Crippen LogP contribution >= 0.6 is 0 Å². The molecule has 1 aromatic carbocycles. The zero-order valence-electron chi connectivity index (χ0n) is 56.0. The van der Waals surface area contributed by atoms with Crippen LogP contribution in [0, 0.1) is 5.92 Å². The van der Waals surface area contributed by atoms with Gasteiger partial charge in [0.05, 0.1) is 32.3 Å². The third kappa shape index (κ3) is 32.8. The molecule has 0 bridgehead atoms. The van der Waals surface area contributed by atoms with E-state index >= 15 is 0 Å². The smallest absolute Gasteiger partial charge is 0.303 e. The fraction of sp³-hybridized carbons (Fsp3) is 0.610. The monoisotopic (exact) mass is 1420 g/mol. The van der Waals surface area contributed by atoms with Gasteiger partial charge in [0.1, 0.15) is 78.3 Å². The first-order chi connectivity index (χ1) is 46.9. The van der Waals surface area contributed by atoms with E-state index < -0.39 is 237 Å². The molecule has 1 aromatic rings. The van der Waals surface area contributed by atoms with Gasteiger partial charge in [-0.15, -0.1) is 0 Å². The van der Waals surface area contributed by atoms with Crippen molar-refractivity contribution in [2.45, 2.75) is 190 Å². The zero-order valence-corrected chi connectivity index (χ0v) is 56.0. The highest BCUT2D eigenvalue weighted by Crippen LogP contribution is 2.15. The Balaban J connectivity index is 3.65. The van der Waals surface area contributed by atoms with E-state index in [0.29, 0.717) is 6.42 Å². The number of phenols is 1. The molecular weight excluding hydrogens is 1330 g/mol. The molecular formula is C59H97N19O22. The summed E-state index contributed by atoms with van der Waals surface area (Å²) in [5.41, 5.74) is 32.8. The van der Waals surface area contributed by atoms with Gasteiger partial charge >= 0.3 is 5.97 Å². The van der Waals surface area contributed by atoms with Gasteiger partial charge in [0.25, 0.3) is 0 Å². The molecule has 560 valence electrons. The van der Waals surface area contributed by atoms with Crippen molar-refractivity contribution in [1.29, 1.82) is 0 Å². The summed E-state index contributed by atoms with van der Waals surface area (Å²) in [4.78, 5) is 215. The van der Waals surface area contributed by atoms with Crippen LogP contribution in [0.5, 0.6) is 5.75 Å². The van der Waals surface area contributed by atoms with Crippen molar-refractivity contribution in [3.05, 3.63) is 29.8 Å². The number of carbonyl (C=O) groups is 16. The average Bonchev–Trinajstić information content (AvgIpc) is 0.856. The molecule has 0 aromatic heterocycles. The van der Waals surface area contributed by atoms with E-state index in [-0.39, 0.29) is 62.5 Å². The Bertz CT molecular complexity index is 3030. The van der Waals surface area contributed by atoms with Gasteiger partial charge in [0, 0.05) is 32.7 Å². The Morgan fingerprint density at radius 3 is 1.31 bits per heavy atom. The molecule has 0 saturated carbocycles. The highest BCUT2D eigenvalue weighted by molar-refractivity contribution is 6.00. The van der Waals surface area contributed by atoms with Gasteiger partial charge in [-0.05, 0) is 89.0 Å². The maximum Gasteiger partial charge on any atom is 0.303 e. The number of hydrogen-bond acceptors (Lipinski definition) is 23. The molecule has 0 fully saturated rings. The predicted molar refractivity (Wildman–Crippen MR) is 350 cm³/mol. The number of aliphatic hydroxyl groups is 4. The van der Waals surface area contributed by atoms with Crippen molar-refractivity contribution < 1.29 is 107 Å². The van der Waals surface area contributed by atoms with Gasteiger partial charge in [-0.25, -0.2) is 0 Å². The highest BCUT2D eigenvalue weighted by atomic mass is 16.4. The van der Waals surface area contributed by atoms with Gasteiger partial charge in [-0.1, -0.05) is 32.4 Å². The number of benzene rings is 1. The first-order valence-electron chi connectivity index (χ1n) is 31.7. The molecule has 0 aliphatic heterocycles. The number of nitrogens with two attached hydrogens (primary N) is 6. The minimum absolute atomic E-state index is 0.0988. The van der Waals surface area contributed by atoms with Crippen molar-refractivity contribution in [1.82, 2.24) is 63.8 Å². The maximum atomic E-state index is 14.4. The summed E-state index contributed by atoms with van der Waals surface area (Å²) in [5.74, 6) is -19.3. The molecule has 0 unspecified atom stereocenters. The third-order valence-corrected chi connectivity index (χ3v) is 14.9. The molecule has 1 rings (SSSR count). The van der Waals surface area contributed by atoms with Gasteiger partial charge in [0.15, 0.2) is 5.96 Å². The number of carboxylic acid groups (broad SMARTS) is 1. The number of nitrogens with zero attached hydrogens (tertiary/aromatic N) is 1. The van der Waals surface area contributed by atoms with Gasteiger partial charge in [-0.2, -0.15) is 0 Å². The molecule has 0 saturated heterocycles. The fourth-order valence-electron chi connectivity index (χ4n) is 9.15. The zero-order chi connectivity index (χ0) is 76.1. The number of unbranched alkanes of at least 4 members (excludes halogenated alkanes) is 1. The van der Waals surface area contributed by atoms with Crippen molar-refractivity contribution >= 4 is 101 Å². The third-order valence-electron chi connectivity index (χ3n) is 14.9. The number of amides is 15. The molecule has 14 atom stereocenters. The molecule has 0 aliphatic carbocycles. The number of phenolic OH excluding ortho intramolecular Hbond substituents is 1. The molecule has 41 nitrogen and oxygen atoms in total. The van der Waals surface area contributed by atoms with E-state index in [2.05, 4.69) is 68.8 Å². The molecule has 0 aliphatic rings. The van der Waals surface area contributed by atoms with E-state index in [0.717, 1.165) is 13.8 Å². The van der Waals surface area contributed by atoms with E-state index in [1.54, 1.807) is 6.92 Å². The summed E-state index contributed by atoms with van der Waals surface area (Å²) in [6.07, 6.45) is -5.11. The number of carbonyl (C=O) groups excluding carboxylic acids is 15. The summed E-state index contributed by atoms with van der Waals surface area (Å²) in [6, 6.07) is -15.5. The summed E-state index contributed by atoms with van der Waals surface area (Å²) in [6.45, 7) is 3.05. The van der Waals surface area contributed by atoms with E-state index in [9.17, 15) is 102 Å². The standard InChI is InChI=1S/C59H97N19O22/c1-6-27(2)45(77-51(93)34(10-7-8-20-60)69-53(95)38(23-43(62)86)72-48(90)28(3)67-30(5)83)57(99)76-40(25-80)55(97)73-37(22-31-12-14-32(84)15-13-31)52(94)71-36(16-18-42(61)85)50(92)74-39(24-79)54(96)70-35(11-9-21-66-59(64)65)49(91)75-41(26-81)56(98)78-46(29(4)82)58(100)68-33(47(63)89)17-19-44(87)88/h12-15,27-29,33-41,45-46,79-82,84H,6-11,16-26,60H2,1-5H3,(H2,61,85)(H2,62,86)(H2,63,89)(H,67,83)(H,68,100)(H,69,95)(H,70,96)(H,71,94)(H,72,90)(H,73,97)(H,74,92)(H,75,91)(H,76,99)(H,77,93)(H,78,98)(H,87,88)(H4,64,65,66)/t27-,28-,29+,33-,34-,35-,36-,37-,38-,39-,40-,41-,45-,46-/m0/s1. The number of aliphatic hydroxyl groups excluding tert-OH is 4. The Kier molecular flexibility index (Phi) is 39.6. The van der Waals surface area contributed by atoms with Gasteiger partial charge in [0.2, 0.25) is 88.6 Å². The molecule has 41 heteroatoms. The topological polar surface area (TPSA) is 707 Å². The predicted octanol–water partition coefficient (Wildman–Crippen LogP) is -11.1. The second-order valence-corrected chi connectivity index (χ2v) is 23.2. The molecule has 15 amide bonds. The molecule has 100 heavy (non-hydrogen) atoms. The number of hydrogen-bond donors (Lipinski definition) is 24. The van der Waals surface area contributed by atoms with Crippen LogP contribution in [0.15, 0.2) is 29.3 Å². The summed E-state index contributed by atoms with van der Waals surface area (Å²) < 4.78 is 0. The number of aliphatic carboxylic acids is 1. The number of guanidine groups is 1. The van der Waals surface area contributed by atoms with Crippen LogP contribution in [0.1, 0.15) is 111 Å². The van der Waals surface area contributed by atoms with E-state index in [1.807, 2.05) is 0 Å². The lowest BCUT2D eigenvalue weighted by Gasteiger charge is -2.29. The van der Waals surface area contributed by atoms with Crippen molar-refractivity contribution in [2.75, 3.05) is 32.9 Å². The summed E-state index contributed by atoms with van der Waals surface area (Å²) in [7, 11) is 0. The van der Waals surface area contributed by atoms with Gasteiger partial charge < -0.3 is 129 Å². The van der Waals surface area contributed by atoms with Crippen LogP contribution in [0.25, 0.3) is 0 Å². The highest BCUT2D eigenvalue weighted by Gasteiger charge is 2.38. The summed E-state index contributed by atoms with van der Waals surface area (Å²) >= 11 is 0. The average molecular weight is 1420 g/mol. The van der Waals surface area contributed by atoms with Gasteiger partial charge in [-0.3, -0.25) is 81.7 Å². The largest absolute Gasteiger partial charge is 0.508 e. The quantitative estimate of drug-likeness (QED) is 0.0164. The number of aromatic hydroxyl groups is 1. The number of aliphatic imine (C=N–C) groups is 1. The number of carboxylic acids is 1. The molecule has 30 N–H and O–H groups in total. The Morgan fingerprint density at radius 2 is 0.860 bits per heavy atom. The van der Waals surface area contributed by atoms with E-state index in [1.165, 1.54) is 38.1 Å². The normalized spacial score (nSPS) is 15.1. The lowest BCUT2D eigenvalue weighted by Crippen LogP contribution is -2.62. The van der Waals surface area contributed by atoms with Crippen molar-refractivity contribution in [2.24, 2.45) is 45.3 Å². The minimum atomic E-state index is -2.02. The lowest BCUT2D eigenvalue weighted by atomic mass is 9.97. The van der Waals surface area contributed by atoms with Crippen LogP contribution in [0.4, 0.5) is 0 Å². The lowest BCUT2D eigenvalue weighted by molar-refractivity contribution is -0.138. The SMILES string of the molecule is CC[C@H](C)[C@H](NC(=O)[C@H](CCCCN)NC(=O)[C@H](CC(N)=O)NC(=O)[C@H](C)NC(C)=O)C(=O)N[C@@H](CO)C(=O)N[C@@H](Cc1ccc(O)cc1)C(=O)N[C@@H](CCC(N)=O)C(=O)N[C@@H](CO)C(=O)N[C@@H](CCCN=C(N)N)C(=O)N[C@@H](CO)C(=O)N[C@H](C(=O)N[C@@H](CCC(=O)O)C(N)=O)[C@@H](C)O. The fourth-order valence-corrected chi connectivity index (χ4v) is 9.15. The van der Waals surface area contributed by atoms with Crippen molar-refractivity contribution in [3.8, 4) is 5.75 Å².